The standard InChI is InChI=1S/C18H25ClN4O4/c1-2-23(11-17(25)26)15-7-14(8-15)22-16(24)10-21-18(27)20-9-12-3-5-13(19)6-4-12/h3-6,14-15H,2,7-11H2,1H3,(H,22,24)(H,25,26)(H2,20,21,27). The number of hydrogen-bond donors (Lipinski definition) is 4. The third kappa shape index (κ3) is 7.07. The van der Waals surface area contributed by atoms with Gasteiger partial charge in [-0.15, -0.1) is 0 Å². The van der Waals surface area contributed by atoms with Crippen molar-refractivity contribution in [1.29, 1.82) is 0 Å². The number of carboxylic acid groups (broad SMARTS) is 1. The monoisotopic (exact) mass is 396 g/mol. The molecule has 0 saturated heterocycles. The summed E-state index contributed by atoms with van der Waals surface area (Å²) in [5.74, 6) is -1.11. The van der Waals surface area contributed by atoms with Gasteiger partial charge in [-0.1, -0.05) is 30.7 Å². The van der Waals surface area contributed by atoms with Gasteiger partial charge in [0, 0.05) is 23.7 Å². The number of aliphatic carboxylic acids is 1. The Morgan fingerprint density at radius 1 is 1.19 bits per heavy atom. The van der Waals surface area contributed by atoms with Crippen LogP contribution in [0.2, 0.25) is 5.02 Å². The number of likely N-dealkylation sites (N-methyl/N-ethyl adjacent to an activating group) is 1. The number of carboxylic acids is 1. The van der Waals surface area contributed by atoms with Crippen LogP contribution in [0.25, 0.3) is 0 Å². The van der Waals surface area contributed by atoms with E-state index in [1.165, 1.54) is 0 Å². The summed E-state index contributed by atoms with van der Waals surface area (Å²) in [6, 6.07) is 6.87. The first-order valence-corrected chi connectivity index (χ1v) is 9.26. The zero-order chi connectivity index (χ0) is 19.8. The summed E-state index contributed by atoms with van der Waals surface area (Å²) in [5.41, 5.74) is 0.904. The van der Waals surface area contributed by atoms with Crippen LogP contribution in [0.1, 0.15) is 25.3 Å². The number of rotatable bonds is 9. The predicted molar refractivity (Wildman–Crippen MR) is 102 cm³/mol. The zero-order valence-corrected chi connectivity index (χ0v) is 16.0. The maximum absolute atomic E-state index is 11.9. The maximum Gasteiger partial charge on any atom is 0.317 e. The van der Waals surface area contributed by atoms with Crippen LogP contribution in [0.4, 0.5) is 4.79 Å². The van der Waals surface area contributed by atoms with E-state index in [-0.39, 0.29) is 31.1 Å². The van der Waals surface area contributed by atoms with Crippen LogP contribution in [-0.2, 0) is 16.1 Å². The molecule has 0 heterocycles. The van der Waals surface area contributed by atoms with Crippen molar-refractivity contribution in [3.8, 4) is 0 Å². The molecule has 1 aromatic rings. The lowest BCUT2D eigenvalue weighted by Gasteiger charge is -2.42. The van der Waals surface area contributed by atoms with Crippen LogP contribution in [0.5, 0.6) is 0 Å². The van der Waals surface area contributed by atoms with Gasteiger partial charge in [-0.2, -0.15) is 0 Å². The number of nitrogens with zero attached hydrogens (tertiary/aromatic N) is 1. The SMILES string of the molecule is CCN(CC(=O)O)C1CC(NC(=O)CNC(=O)NCc2ccc(Cl)cc2)C1. The summed E-state index contributed by atoms with van der Waals surface area (Å²) in [7, 11) is 0. The lowest BCUT2D eigenvalue weighted by Crippen LogP contribution is -2.56. The van der Waals surface area contributed by atoms with E-state index in [4.69, 9.17) is 16.7 Å². The molecule has 8 nitrogen and oxygen atoms in total. The van der Waals surface area contributed by atoms with Crippen molar-refractivity contribution in [3.63, 3.8) is 0 Å². The molecule has 0 aromatic heterocycles. The number of amides is 3. The first kappa shape index (κ1) is 21.0. The minimum Gasteiger partial charge on any atom is -0.480 e. The molecule has 1 aliphatic rings. The van der Waals surface area contributed by atoms with E-state index >= 15 is 0 Å². The van der Waals surface area contributed by atoms with E-state index in [2.05, 4.69) is 16.0 Å². The van der Waals surface area contributed by atoms with Gasteiger partial charge in [0.15, 0.2) is 0 Å². The molecule has 0 atom stereocenters. The first-order valence-electron chi connectivity index (χ1n) is 8.88. The molecule has 1 aliphatic carbocycles. The highest BCUT2D eigenvalue weighted by molar-refractivity contribution is 6.30. The summed E-state index contributed by atoms with van der Waals surface area (Å²) < 4.78 is 0. The van der Waals surface area contributed by atoms with E-state index in [0.717, 1.165) is 18.4 Å². The zero-order valence-electron chi connectivity index (χ0n) is 15.2. The number of carbonyl (C=O) groups excluding carboxylic acids is 2. The minimum absolute atomic E-state index is 0.0111. The molecule has 0 unspecified atom stereocenters. The van der Waals surface area contributed by atoms with Crippen LogP contribution < -0.4 is 16.0 Å². The normalized spacial score (nSPS) is 18.5. The summed E-state index contributed by atoms with van der Waals surface area (Å²) in [5, 5.41) is 17.5. The Balaban J connectivity index is 1.60. The smallest absolute Gasteiger partial charge is 0.317 e. The Kier molecular flexibility index (Phi) is 7.87. The first-order chi connectivity index (χ1) is 12.9. The molecular weight excluding hydrogens is 372 g/mol. The molecule has 2 rings (SSSR count). The van der Waals surface area contributed by atoms with Crippen molar-refractivity contribution >= 4 is 29.5 Å². The lowest BCUT2D eigenvalue weighted by molar-refractivity contribution is -0.139. The van der Waals surface area contributed by atoms with E-state index in [1.807, 2.05) is 24.0 Å². The number of benzene rings is 1. The fourth-order valence-corrected chi connectivity index (χ4v) is 3.09. The third-order valence-corrected chi connectivity index (χ3v) is 4.77. The molecule has 27 heavy (non-hydrogen) atoms. The number of hydrogen-bond acceptors (Lipinski definition) is 4. The van der Waals surface area contributed by atoms with E-state index in [0.29, 0.717) is 18.1 Å². The van der Waals surface area contributed by atoms with E-state index in [9.17, 15) is 14.4 Å². The van der Waals surface area contributed by atoms with Crippen LogP contribution in [0.3, 0.4) is 0 Å². The average molecular weight is 397 g/mol. The quantitative estimate of drug-likeness (QED) is 0.501. The van der Waals surface area contributed by atoms with Gasteiger partial charge in [0.1, 0.15) is 0 Å². The predicted octanol–water partition coefficient (Wildman–Crippen LogP) is 1.19. The molecule has 0 bridgehead atoms. The molecule has 0 aliphatic heterocycles. The van der Waals surface area contributed by atoms with Crippen molar-refractivity contribution in [2.24, 2.45) is 0 Å². The van der Waals surface area contributed by atoms with Gasteiger partial charge in [0.2, 0.25) is 5.91 Å². The highest BCUT2D eigenvalue weighted by atomic mass is 35.5. The minimum atomic E-state index is -0.849. The number of urea groups is 1. The van der Waals surface area contributed by atoms with Crippen molar-refractivity contribution in [1.82, 2.24) is 20.9 Å². The third-order valence-electron chi connectivity index (χ3n) is 4.52. The van der Waals surface area contributed by atoms with Crippen LogP contribution in [0, 0.1) is 0 Å². The van der Waals surface area contributed by atoms with Crippen molar-refractivity contribution in [2.45, 2.75) is 38.4 Å². The van der Waals surface area contributed by atoms with Crippen LogP contribution >= 0.6 is 11.6 Å². The van der Waals surface area contributed by atoms with Gasteiger partial charge >= 0.3 is 12.0 Å². The average Bonchev–Trinajstić information content (AvgIpc) is 2.60. The molecular formula is C18H25ClN4O4. The molecule has 0 spiro atoms. The Labute approximate surface area is 163 Å². The second-order valence-electron chi connectivity index (χ2n) is 6.51. The largest absolute Gasteiger partial charge is 0.480 e. The fourth-order valence-electron chi connectivity index (χ4n) is 2.96. The summed E-state index contributed by atoms with van der Waals surface area (Å²) in [6.07, 6.45) is 1.44. The summed E-state index contributed by atoms with van der Waals surface area (Å²) in [4.78, 5) is 36.4. The molecule has 1 fully saturated rings. The van der Waals surface area contributed by atoms with Gasteiger partial charge < -0.3 is 21.1 Å². The number of nitrogens with one attached hydrogen (secondary N) is 3. The van der Waals surface area contributed by atoms with E-state index in [1.54, 1.807) is 12.1 Å². The summed E-state index contributed by atoms with van der Waals surface area (Å²) >= 11 is 5.80. The van der Waals surface area contributed by atoms with Gasteiger partial charge in [-0.3, -0.25) is 14.5 Å². The van der Waals surface area contributed by atoms with Gasteiger partial charge in [0.05, 0.1) is 13.1 Å². The van der Waals surface area contributed by atoms with Crippen LogP contribution in [0.15, 0.2) is 24.3 Å². The van der Waals surface area contributed by atoms with Crippen molar-refractivity contribution in [3.05, 3.63) is 34.9 Å². The Morgan fingerprint density at radius 3 is 2.44 bits per heavy atom. The summed E-state index contributed by atoms with van der Waals surface area (Å²) in [6.45, 7) is 2.82. The molecule has 4 N–H and O–H groups in total. The Bertz CT molecular complexity index is 662. The number of carbonyl (C=O) groups is 3. The fraction of sp³-hybridized carbons (Fsp3) is 0.500. The highest BCUT2D eigenvalue weighted by Gasteiger charge is 2.34. The Hall–Kier alpha value is -2.32. The second kappa shape index (κ2) is 10.1. The van der Waals surface area contributed by atoms with Crippen molar-refractivity contribution < 1.29 is 19.5 Å². The number of halogens is 1. The van der Waals surface area contributed by atoms with Crippen LogP contribution in [-0.4, -0.2) is 59.6 Å². The molecule has 0 radical (unpaired) electrons. The lowest BCUT2D eigenvalue weighted by atomic mass is 9.85. The maximum atomic E-state index is 11.9. The molecule has 1 saturated carbocycles. The topological polar surface area (TPSA) is 111 Å². The molecule has 1 aromatic carbocycles. The van der Waals surface area contributed by atoms with Gasteiger partial charge in [0.25, 0.3) is 0 Å². The van der Waals surface area contributed by atoms with Crippen molar-refractivity contribution in [2.75, 3.05) is 19.6 Å². The van der Waals surface area contributed by atoms with E-state index < -0.39 is 12.0 Å². The Morgan fingerprint density at radius 2 is 1.85 bits per heavy atom. The molecule has 148 valence electrons. The molecule has 9 heteroatoms. The van der Waals surface area contributed by atoms with Gasteiger partial charge in [-0.25, -0.2) is 4.79 Å². The second-order valence-corrected chi connectivity index (χ2v) is 6.95. The highest BCUT2D eigenvalue weighted by Crippen LogP contribution is 2.25. The van der Waals surface area contributed by atoms with Gasteiger partial charge in [-0.05, 0) is 37.1 Å². The molecule has 3 amide bonds.